The first-order chi connectivity index (χ1) is 19.3. The van der Waals surface area contributed by atoms with Crippen LogP contribution in [0.3, 0.4) is 0 Å². The van der Waals surface area contributed by atoms with Gasteiger partial charge in [-0.2, -0.15) is 0 Å². The van der Waals surface area contributed by atoms with Crippen LogP contribution in [0.15, 0.2) is 54.6 Å². The number of carboxylic acids is 2. The van der Waals surface area contributed by atoms with Crippen LogP contribution in [-0.2, 0) is 41.6 Å². The zero-order chi connectivity index (χ0) is 30.5. The number of amides is 4. The maximum atomic E-state index is 13.3. The molecule has 0 heterocycles. The molecule has 41 heavy (non-hydrogen) atoms. The molecule has 2 aromatic rings. The van der Waals surface area contributed by atoms with Crippen LogP contribution in [0.2, 0.25) is 0 Å². The van der Waals surface area contributed by atoms with Crippen LogP contribution in [-0.4, -0.2) is 75.1 Å². The highest BCUT2D eigenvalue weighted by Gasteiger charge is 2.31. The zero-order valence-corrected chi connectivity index (χ0v) is 22.0. The van der Waals surface area contributed by atoms with Gasteiger partial charge in [0.25, 0.3) is 0 Å². The number of rotatable bonds is 16. The Labute approximate surface area is 235 Å². The van der Waals surface area contributed by atoms with Gasteiger partial charge >= 0.3 is 11.9 Å². The maximum absolute atomic E-state index is 13.3. The molecule has 0 aromatic heterocycles. The van der Waals surface area contributed by atoms with Crippen molar-refractivity contribution in [1.82, 2.24) is 16.0 Å². The van der Waals surface area contributed by atoms with Crippen molar-refractivity contribution in [2.24, 2.45) is 11.5 Å². The summed E-state index contributed by atoms with van der Waals surface area (Å²) in [6, 6.07) is 8.58. The second-order valence-electron chi connectivity index (χ2n) is 9.29. The highest BCUT2D eigenvalue weighted by atomic mass is 16.4. The van der Waals surface area contributed by atoms with Crippen LogP contribution < -0.4 is 27.4 Å². The number of aliphatic carboxylic acids is 2. The smallest absolute Gasteiger partial charge is 0.326 e. The third-order valence-electron chi connectivity index (χ3n) is 5.95. The summed E-state index contributed by atoms with van der Waals surface area (Å²) in [7, 11) is 0. The van der Waals surface area contributed by atoms with Gasteiger partial charge < -0.3 is 42.7 Å². The summed E-state index contributed by atoms with van der Waals surface area (Å²) < 4.78 is 0. The second-order valence-corrected chi connectivity index (χ2v) is 9.29. The molecule has 220 valence electrons. The molecule has 0 fully saturated rings. The Balaban J connectivity index is 2.24. The Morgan fingerprint density at radius 2 is 1.22 bits per heavy atom. The summed E-state index contributed by atoms with van der Waals surface area (Å²) in [5.41, 5.74) is 12.0. The van der Waals surface area contributed by atoms with Crippen molar-refractivity contribution in [1.29, 1.82) is 0 Å². The van der Waals surface area contributed by atoms with Gasteiger partial charge in [0, 0.05) is 19.3 Å². The molecule has 4 atom stereocenters. The molecule has 0 spiro atoms. The monoisotopic (exact) mass is 571 g/mol. The normalized spacial score (nSPS) is 13.6. The van der Waals surface area contributed by atoms with E-state index in [0.29, 0.717) is 11.1 Å². The van der Waals surface area contributed by atoms with E-state index >= 15 is 0 Å². The number of nitrogens with two attached hydrogens (primary N) is 2. The first-order valence-electron chi connectivity index (χ1n) is 12.6. The van der Waals surface area contributed by atoms with E-state index in [1.807, 2.05) is 0 Å². The molecule has 0 aliphatic rings. The molecular weight excluding hydrogens is 538 g/mol. The molecule has 0 saturated heterocycles. The van der Waals surface area contributed by atoms with Crippen LogP contribution in [0.1, 0.15) is 30.4 Å². The van der Waals surface area contributed by atoms with Gasteiger partial charge in [-0.3, -0.25) is 24.0 Å². The molecule has 14 nitrogen and oxygen atoms in total. The van der Waals surface area contributed by atoms with Crippen molar-refractivity contribution in [2.45, 2.75) is 56.3 Å². The number of benzene rings is 2. The van der Waals surface area contributed by atoms with Gasteiger partial charge in [-0.15, -0.1) is 0 Å². The molecule has 4 amide bonds. The number of hydrogen-bond acceptors (Lipinski definition) is 8. The molecule has 0 aliphatic heterocycles. The minimum Gasteiger partial charge on any atom is -0.508 e. The predicted octanol–water partition coefficient (Wildman–Crippen LogP) is -1.22. The number of phenolic OH excluding ortho intramolecular Hbond substituents is 1. The highest BCUT2D eigenvalue weighted by Crippen LogP contribution is 2.12. The summed E-state index contributed by atoms with van der Waals surface area (Å²) >= 11 is 0. The summed E-state index contributed by atoms with van der Waals surface area (Å²) in [5, 5.41) is 35.2. The fraction of sp³-hybridized carbons (Fsp3) is 0.333. The third-order valence-corrected chi connectivity index (χ3v) is 5.95. The number of carbonyl (C=O) groups is 6. The first-order valence-corrected chi connectivity index (χ1v) is 12.6. The Hall–Kier alpha value is -4.98. The lowest BCUT2D eigenvalue weighted by atomic mass is 10.0. The molecule has 14 heteroatoms. The second kappa shape index (κ2) is 15.6. The minimum absolute atomic E-state index is 0.0278. The number of aromatic hydroxyl groups is 1. The molecule has 2 rings (SSSR count). The molecule has 0 bridgehead atoms. The lowest BCUT2D eigenvalue weighted by Crippen LogP contribution is -2.58. The van der Waals surface area contributed by atoms with E-state index < -0.39 is 66.2 Å². The summed E-state index contributed by atoms with van der Waals surface area (Å²) in [6.07, 6.45) is -1.49. The van der Waals surface area contributed by atoms with Gasteiger partial charge in [0.2, 0.25) is 23.6 Å². The standard InChI is InChI=1S/C27H33N5O9/c28-18(14-23(35)36)24(37)31-20(12-15-4-2-1-3-5-15)26(39)30-19(10-11-22(29)34)25(38)32-21(27(40)41)13-16-6-8-17(33)9-7-16/h1-9,18-21,33H,10-14,28H2,(H2,29,34)(H,30,39)(H,31,37)(H,32,38)(H,35,36)(H,40,41). The predicted molar refractivity (Wildman–Crippen MR) is 144 cm³/mol. The number of phenols is 1. The Bertz CT molecular complexity index is 1240. The number of primary amides is 1. The SMILES string of the molecule is NC(=O)CCC(NC(=O)C(Cc1ccccc1)NC(=O)C(N)CC(=O)O)C(=O)NC(Cc1ccc(O)cc1)C(=O)O. The van der Waals surface area contributed by atoms with E-state index in [-0.39, 0.29) is 31.4 Å². The fourth-order valence-corrected chi connectivity index (χ4v) is 3.79. The van der Waals surface area contributed by atoms with Gasteiger partial charge in [0.1, 0.15) is 23.9 Å². The van der Waals surface area contributed by atoms with Crippen LogP contribution in [0, 0.1) is 0 Å². The summed E-state index contributed by atoms with van der Waals surface area (Å²) in [4.78, 5) is 73.2. The van der Waals surface area contributed by atoms with E-state index in [1.165, 1.54) is 24.3 Å². The lowest BCUT2D eigenvalue weighted by Gasteiger charge is -2.25. The van der Waals surface area contributed by atoms with Crippen molar-refractivity contribution in [3.63, 3.8) is 0 Å². The van der Waals surface area contributed by atoms with Crippen molar-refractivity contribution < 1.29 is 44.1 Å². The Kier molecular flexibility index (Phi) is 12.2. The average molecular weight is 572 g/mol. The van der Waals surface area contributed by atoms with E-state index in [9.17, 15) is 39.0 Å². The number of nitrogens with one attached hydrogen (secondary N) is 3. The molecule has 0 aliphatic carbocycles. The van der Waals surface area contributed by atoms with Crippen molar-refractivity contribution in [2.75, 3.05) is 0 Å². The summed E-state index contributed by atoms with van der Waals surface area (Å²) in [6.45, 7) is 0. The first kappa shape index (κ1) is 32.2. The molecular formula is C27H33N5O9. The van der Waals surface area contributed by atoms with E-state index in [0.717, 1.165) is 0 Å². The van der Waals surface area contributed by atoms with Gasteiger partial charge in [0.15, 0.2) is 0 Å². The summed E-state index contributed by atoms with van der Waals surface area (Å²) in [5.74, 6) is -6.18. The van der Waals surface area contributed by atoms with Crippen LogP contribution in [0.4, 0.5) is 0 Å². The van der Waals surface area contributed by atoms with E-state index in [1.54, 1.807) is 30.3 Å². The Morgan fingerprint density at radius 3 is 1.78 bits per heavy atom. The quantitative estimate of drug-likeness (QED) is 0.119. The third kappa shape index (κ3) is 11.3. The van der Waals surface area contributed by atoms with Gasteiger partial charge in [-0.1, -0.05) is 42.5 Å². The molecule has 2 aromatic carbocycles. The van der Waals surface area contributed by atoms with Crippen LogP contribution in [0.25, 0.3) is 0 Å². The van der Waals surface area contributed by atoms with E-state index in [4.69, 9.17) is 16.6 Å². The van der Waals surface area contributed by atoms with Gasteiger partial charge in [-0.25, -0.2) is 4.79 Å². The number of carbonyl (C=O) groups excluding carboxylic acids is 4. The fourth-order valence-electron chi connectivity index (χ4n) is 3.79. The molecule has 4 unspecified atom stereocenters. The minimum atomic E-state index is -1.45. The van der Waals surface area contributed by atoms with Crippen molar-refractivity contribution in [3.8, 4) is 5.75 Å². The average Bonchev–Trinajstić information content (AvgIpc) is 2.91. The van der Waals surface area contributed by atoms with Crippen molar-refractivity contribution >= 4 is 35.6 Å². The van der Waals surface area contributed by atoms with E-state index in [2.05, 4.69) is 16.0 Å². The van der Waals surface area contributed by atoms with Crippen LogP contribution >= 0.6 is 0 Å². The number of hydrogen-bond donors (Lipinski definition) is 8. The number of carboxylic acid groups (broad SMARTS) is 2. The largest absolute Gasteiger partial charge is 0.508 e. The lowest BCUT2D eigenvalue weighted by molar-refractivity contribution is -0.142. The zero-order valence-electron chi connectivity index (χ0n) is 22.0. The topological polar surface area (TPSA) is 251 Å². The molecule has 10 N–H and O–H groups in total. The van der Waals surface area contributed by atoms with Gasteiger partial charge in [-0.05, 0) is 29.7 Å². The van der Waals surface area contributed by atoms with Gasteiger partial charge in [0.05, 0.1) is 12.5 Å². The molecule has 0 saturated carbocycles. The maximum Gasteiger partial charge on any atom is 0.326 e. The van der Waals surface area contributed by atoms with Crippen LogP contribution in [0.5, 0.6) is 5.75 Å². The Morgan fingerprint density at radius 1 is 0.707 bits per heavy atom. The van der Waals surface area contributed by atoms with Crippen molar-refractivity contribution in [3.05, 3.63) is 65.7 Å². The highest BCUT2D eigenvalue weighted by molar-refractivity contribution is 5.95. The molecule has 0 radical (unpaired) electrons.